The van der Waals surface area contributed by atoms with Crippen molar-refractivity contribution in [1.82, 2.24) is 0 Å². The molecule has 3 aromatic rings. The molecule has 4 N–H and O–H groups in total. The minimum atomic E-state index is -0.893. The van der Waals surface area contributed by atoms with Crippen LogP contribution in [-0.2, 0) is 4.79 Å². The Balaban J connectivity index is 1.91. The molecule has 8 nitrogen and oxygen atoms in total. The number of benzene rings is 2. The number of ether oxygens (including phenoxy) is 1. The van der Waals surface area contributed by atoms with E-state index in [2.05, 4.69) is 6.92 Å². The monoisotopic (exact) mass is 428 g/mol. The van der Waals surface area contributed by atoms with Gasteiger partial charge in [0.1, 0.15) is 22.5 Å². The second-order valence-electron chi connectivity index (χ2n) is 7.27. The highest BCUT2D eigenvalue weighted by atomic mass is 16.5. The van der Waals surface area contributed by atoms with E-state index < -0.39 is 28.6 Å². The molecule has 0 unspecified atom stereocenters. The molecule has 0 saturated heterocycles. The number of hydrogen-bond donors (Lipinski definition) is 4. The smallest absolute Gasteiger partial charge is 0.311 e. The molecule has 0 radical (unpaired) electrons. The number of fused-ring (bicyclic) bond motifs is 1. The van der Waals surface area contributed by atoms with E-state index in [-0.39, 0.29) is 40.2 Å². The van der Waals surface area contributed by atoms with E-state index in [0.717, 1.165) is 37.8 Å². The van der Waals surface area contributed by atoms with Gasteiger partial charge in [-0.15, -0.1) is 0 Å². The van der Waals surface area contributed by atoms with Crippen LogP contribution in [0.3, 0.4) is 0 Å². The lowest BCUT2D eigenvalue weighted by Crippen LogP contribution is -2.08. The first-order chi connectivity index (χ1) is 14.8. The van der Waals surface area contributed by atoms with Gasteiger partial charge in [0.25, 0.3) is 0 Å². The summed E-state index contributed by atoms with van der Waals surface area (Å²) >= 11 is 0. The quantitative estimate of drug-likeness (QED) is 0.177. The van der Waals surface area contributed by atoms with Crippen LogP contribution in [0.25, 0.3) is 22.3 Å². The molecule has 8 heteroatoms. The summed E-state index contributed by atoms with van der Waals surface area (Å²) in [4.78, 5) is 24.7. The van der Waals surface area contributed by atoms with E-state index in [1.165, 1.54) is 18.2 Å². The van der Waals surface area contributed by atoms with Crippen molar-refractivity contribution in [2.75, 3.05) is 0 Å². The van der Waals surface area contributed by atoms with E-state index in [0.29, 0.717) is 6.42 Å². The van der Waals surface area contributed by atoms with E-state index in [1.807, 2.05) is 0 Å². The van der Waals surface area contributed by atoms with Crippen LogP contribution in [0, 0.1) is 0 Å². The number of rotatable bonds is 8. The lowest BCUT2D eigenvalue weighted by atomic mass is 10.1. The third-order valence-electron chi connectivity index (χ3n) is 4.88. The highest BCUT2D eigenvalue weighted by Crippen LogP contribution is 2.37. The van der Waals surface area contributed by atoms with Gasteiger partial charge in [0, 0.05) is 24.1 Å². The summed E-state index contributed by atoms with van der Waals surface area (Å²) in [6.45, 7) is 2.11. The molecule has 1 heterocycles. The summed E-state index contributed by atoms with van der Waals surface area (Å²) in [5.74, 6) is -2.88. The predicted octanol–water partition coefficient (Wildman–Crippen LogP) is 4.55. The Bertz CT molecular complexity index is 1160. The van der Waals surface area contributed by atoms with Gasteiger partial charge in [-0.25, -0.2) is 0 Å². The zero-order chi connectivity index (χ0) is 22.5. The fraction of sp³-hybridized carbons (Fsp3) is 0.304. The molecule has 31 heavy (non-hydrogen) atoms. The number of carbonyl (C=O) groups is 1. The molecular formula is C23H24O8. The van der Waals surface area contributed by atoms with Crippen LogP contribution in [0.4, 0.5) is 0 Å². The molecule has 3 rings (SSSR count). The first-order valence-corrected chi connectivity index (χ1v) is 10.1. The van der Waals surface area contributed by atoms with Gasteiger partial charge in [0.05, 0.1) is 0 Å². The van der Waals surface area contributed by atoms with Crippen molar-refractivity contribution in [2.24, 2.45) is 0 Å². The van der Waals surface area contributed by atoms with Gasteiger partial charge in [-0.05, 0) is 24.6 Å². The van der Waals surface area contributed by atoms with Crippen molar-refractivity contribution in [3.05, 3.63) is 40.6 Å². The second kappa shape index (κ2) is 9.42. The molecule has 0 aliphatic carbocycles. The fourth-order valence-electron chi connectivity index (χ4n) is 3.24. The van der Waals surface area contributed by atoms with Gasteiger partial charge in [-0.3, -0.25) is 9.59 Å². The molecule has 1 aromatic heterocycles. The first kappa shape index (κ1) is 22.0. The summed E-state index contributed by atoms with van der Waals surface area (Å²) in [7, 11) is 0. The van der Waals surface area contributed by atoms with Crippen molar-refractivity contribution in [3.63, 3.8) is 0 Å². The van der Waals surface area contributed by atoms with Crippen molar-refractivity contribution in [3.8, 4) is 40.1 Å². The van der Waals surface area contributed by atoms with Crippen LogP contribution in [-0.4, -0.2) is 26.4 Å². The molecule has 2 aromatic carbocycles. The van der Waals surface area contributed by atoms with Crippen LogP contribution < -0.4 is 10.2 Å². The Morgan fingerprint density at radius 2 is 1.68 bits per heavy atom. The van der Waals surface area contributed by atoms with E-state index in [9.17, 15) is 30.0 Å². The number of esters is 1. The molecule has 164 valence electrons. The Morgan fingerprint density at radius 1 is 0.935 bits per heavy atom. The number of phenols is 3. The third-order valence-corrected chi connectivity index (χ3v) is 4.88. The maximum atomic E-state index is 12.6. The maximum absolute atomic E-state index is 12.6. The average Bonchev–Trinajstić information content (AvgIpc) is 2.72. The minimum absolute atomic E-state index is 0.00287. The zero-order valence-corrected chi connectivity index (χ0v) is 17.1. The van der Waals surface area contributed by atoms with Crippen LogP contribution in [0.2, 0.25) is 0 Å². The van der Waals surface area contributed by atoms with Gasteiger partial charge in [-0.1, -0.05) is 32.6 Å². The fourth-order valence-corrected chi connectivity index (χ4v) is 3.24. The normalized spacial score (nSPS) is 11.0. The van der Waals surface area contributed by atoms with Gasteiger partial charge in [0.15, 0.2) is 17.3 Å². The summed E-state index contributed by atoms with van der Waals surface area (Å²) in [6, 6.07) is 6.00. The summed E-state index contributed by atoms with van der Waals surface area (Å²) < 4.78 is 10.9. The van der Waals surface area contributed by atoms with E-state index >= 15 is 0 Å². The van der Waals surface area contributed by atoms with Gasteiger partial charge < -0.3 is 29.6 Å². The number of phenolic OH excluding ortho intramolecular Hbond substituents is 3. The SMILES string of the molecule is CCCCCCCC(=O)Oc1cc(O)c2c(=O)c(O)c(-c3ccc(O)c(O)c3)oc2c1. The standard InChI is InChI=1S/C23H24O8/c1-2-3-4-5-6-7-19(27)30-14-11-17(26)20-18(12-14)31-23(22(29)21(20)28)13-8-9-15(24)16(25)10-13/h8-12,24-26,29H,2-7H2,1H3. The predicted molar refractivity (Wildman–Crippen MR) is 114 cm³/mol. The van der Waals surface area contributed by atoms with E-state index in [1.54, 1.807) is 0 Å². The third kappa shape index (κ3) is 4.91. The highest BCUT2D eigenvalue weighted by Gasteiger charge is 2.20. The largest absolute Gasteiger partial charge is 0.507 e. The van der Waals surface area contributed by atoms with Crippen molar-refractivity contribution < 1.29 is 34.4 Å². The Morgan fingerprint density at radius 3 is 2.39 bits per heavy atom. The average molecular weight is 428 g/mol. The lowest BCUT2D eigenvalue weighted by Gasteiger charge is -2.10. The van der Waals surface area contributed by atoms with E-state index in [4.69, 9.17) is 9.15 Å². The second-order valence-corrected chi connectivity index (χ2v) is 7.27. The van der Waals surface area contributed by atoms with Crippen LogP contribution in [0.15, 0.2) is 39.5 Å². The molecule has 0 spiro atoms. The van der Waals surface area contributed by atoms with Crippen molar-refractivity contribution >= 4 is 16.9 Å². The maximum Gasteiger partial charge on any atom is 0.311 e. The molecule has 0 amide bonds. The molecule has 0 saturated carbocycles. The topological polar surface area (TPSA) is 137 Å². The number of aromatic hydroxyl groups is 4. The molecule has 0 atom stereocenters. The molecule has 0 aliphatic rings. The summed E-state index contributed by atoms with van der Waals surface area (Å²) in [5.41, 5.74) is -0.882. The Kier molecular flexibility index (Phi) is 6.69. The Labute approximate surface area is 178 Å². The first-order valence-electron chi connectivity index (χ1n) is 10.1. The molecular weight excluding hydrogens is 404 g/mol. The Hall–Kier alpha value is -3.68. The van der Waals surface area contributed by atoms with Gasteiger partial charge in [-0.2, -0.15) is 0 Å². The highest BCUT2D eigenvalue weighted by molar-refractivity contribution is 5.89. The van der Waals surface area contributed by atoms with Gasteiger partial charge >= 0.3 is 5.97 Å². The number of hydrogen-bond acceptors (Lipinski definition) is 8. The minimum Gasteiger partial charge on any atom is -0.507 e. The summed E-state index contributed by atoms with van der Waals surface area (Å²) in [6.07, 6.45) is 5.09. The van der Waals surface area contributed by atoms with Crippen molar-refractivity contribution in [1.29, 1.82) is 0 Å². The van der Waals surface area contributed by atoms with Crippen LogP contribution in [0.5, 0.6) is 28.7 Å². The van der Waals surface area contributed by atoms with Gasteiger partial charge in [0.2, 0.25) is 11.2 Å². The lowest BCUT2D eigenvalue weighted by molar-refractivity contribution is -0.134. The molecule has 0 aliphatic heterocycles. The molecule has 0 fully saturated rings. The zero-order valence-electron chi connectivity index (χ0n) is 17.1. The number of unbranched alkanes of at least 4 members (excludes halogenated alkanes) is 4. The summed E-state index contributed by atoms with van der Waals surface area (Å²) in [5, 5.41) is 39.4. The number of carbonyl (C=O) groups excluding carboxylic acids is 1. The van der Waals surface area contributed by atoms with Crippen molar-refractivity contribution in [2.45, 2.75) is 45.4 Å². The molecule has 0 bridgehead atoms. The van der Waals surface area contributed by atoms with Crippen LogP contribution >= 0.6 is 0 Å². The van der Waals surface area contributed by atoms with Crippen LogP contribution in [0.1, 0.15) is 45.4 Å².